The van der Waals surface area contributed by atoms with Gasteiger partial charge >= 0.3 is 11.9 Å². The van der Waals surface area contributed by atoms with Gasteiger partial charge in [0.05, 0.1) is 19.8 Å². The predicted octanol–water partition coefficient (Wildman–Crippen LogP) is 1.46. The third kappa shape index (κ3) is 6.21. The average Bonchev–Trinajstić information content (AvgIpc) is 2.83. The van der Waals surface area contributed by atoms with Gasteiger partial charge in [-0.2, -0.15) is 0 Å². The smallest absolute Gasteiger partial charge is 0.414 e. The molecular formula is C22H24N2O8. The molecule has 1 aliphatic rings. The van der Waals surface area contributed by atoms with E-state index in [-0.39, 0.29) is 11.8 Å². The molecule has 0 spiro atoms. The van der Waals surface area contributed by atoms with Gasteiger partial charge in [-0.25, -0.2) is 9.59 Å². The minimum Gasteiger partial charge on any atom is -0.497 e. The monoisotopic (exact) mass is 444 g/mol. The highest BCUT2D eigenvalue weighted by atomic mass is 16.5. The number of carboxylic acid groups (broad SMARTS) is 2. The molecule has 2 aromatic rings. The lowest BCUT2D eigenvalue weighted by Crippen LogP contribution is -2.50. The molecule has 0 aromatic heterocycles. The highest BCUT2D eigenvalue weighted by molar-refractivity contribution is 6.27. The number of methoxy groups -OCH3 is 2. The molecule has 2 aromatic carbocycles. The molecule has 170 valence electrons. The summed E-state index contributed by atoms with van der Waals surface area (Å²) in [4.78, 5) is 47.1. The Hall–Kier alpha value is -4.08. The Morgan fingerprint density at radius 1 is 0.750 bits per heavy atom. The van der Waals surface area contributed by atoms with Crippen LogP contribution in [0.2, 0.25) is 0 Å². The number of ether oxygens (including phenoxy) is 2. The molecule has 1 aliphatic heterocycles. The minimum absolute atomic E-state index is 0.0479. The number of piperazine rings is 1. The quantitative estimate of drug-likeness (QED) is 0.677. The van der Waals surface area contributed by atoms with Gasteiger partial charge in [0.2, 0.25) is 0 Å². The summed E-state index contributed by atoms with van der Waals surface area (Å²) in [6.45, 7) is 1.98. The van der Waals surface area contributed by atoms with Crippen LogP contribution in [0.15, 0.2) is 48.5 Å². The number of carbonyl (C=O) groups excluding carboxylic acids is 2. The Morgan fingerprint density at radius 3 is 1.84 bits per heavy atom. The Morgan fingerprint density at radius 2 is 1.31 bits per heavy atom. The Labute approximate surface area is 184 Å². The lowest BCUT2D eigenvalue weighted by atomic mass is 10.1. The first-order valence-corrected chi connectivity index (χ1v) is 9.60. The van der Waals surface area contributed by atoms with Crippen LogP contribution in [-0.4, -0.2) is 84.2 Å². The van der Waals surface area contributed by atoms with E-state index in [9.17, 15) is 9.59 Å². The van der Waals surface area contributed by atoms with Crippen molar-refractivity contribution in [2.24, 2.45) is 0 Å². The molecule has 2 N–H and O–H groups in total. The lowest BCUT2D eigenvalue weighted by molar-refractivity contribution is -0.159. The Kier molecular flexibility index (Phi) is 8.58. The summed E-state index contributed by atoms with van der Waals surface area (Å²) in [5.74, 6) is -2.55. The van der Waals surface area contributed by atoms with Crippen molar-refractivity contribution in [3.63, 3.8) is 0 Å². The number of rotatable bonds is 4. The van der Waals surface area contributed by atoms with Gasteiger partial charge in [0.1, 0.15) is 11.5 Å². The van der Waals surface area contributed by atoms with Crippen LogP contribution in [0.4, 0.5) is 0 Å². The van der Waals surface area contributed by atoms with E-state index >= 15 is 0 Å². The summed E-state index contributed by atoms with van der Waals surface area (Å²) >= 11 is 0. The van der Waals surface area contributed by atoms with Crippen molar-refractivity contribution >= 4 is 23.8 Å². The van der Waals surface area contributed by atoms with E-state index in [2.05, 4.69) is 0 Å². The van der Waals surface area contributed by atoms with Gasteiger partial charge in [-0.1, -0.05) is 18.2 Å². The van der Waals surface area contributed by atoms with Crippen molar-refractivity contribution in [3.05, 3.63) is 59.7 Å². The van der Waals surface area contributed by atoms with Gasteiger partial charge in [0.15, 0.2) is 0 Å². The highest BCUT2D eigenvalue weighted by Gasteiger charge is 2.26. The second-order valence-electron chi connectivity index (χ2n) is 6.63. The standard InChI is InChI=1S/C20H22N2O4.C2H2O4/c1-25-16-7-5-6-15(14-16)19(23)21-10-12-22(13-11-21)20(24)17-8-3-4-9-18(17)26-2;3-1(4)2(5)6/h3-9,14H,10-13H2,1-2H3;(H,3,4)(H,5,6). The van der Waals surface area contributed by atoms with Crippen molar-refractivity contribution in [3.8, 4) is 11.5 Å². The fraction of sp³-hybridized carbons (Fsp3) is 0.273. The van der Waals surface area contributed by atoms with Crippen molar-refractivity contribution in [1.82, 2.24) is 9.80 Å². The van der Waals surface area contributed by atoms with E-state index < -0.39 is 11.9 Å². The molecule has 0 atom stereocenters. The first kappa shape index (κ1) is 24.2. The van der Waals surface area contributed by atoms with Gasteiger partial charge in [0.25, 0.3) is 11.8 Å². The van der Waals surface area contributed by atoms with Crippen molar-refractivity contribution in [1.29, 1.82) is 0 Å². The van der Waals surface area contributed by atoms with Crippen LogP contribution in [0.3, 0.4) is 0 Å². The maximum atomic E-state index is 12.7. The van der Waals surface area contributed by atoms with Crippen LogP contribution in [0.25, 0.3) is 0 Å². The van der Waals surface area contributed by atoms with E-state index in [1.54, 1.807) is 60.4 Å². The number of carbonyl (C=O) groups is 4. The van der Waals surface area contributed by atoms with Gasteiger partial charge < -0.3 is 29.5 Å². The first-order chi connectivity index (χ1) is 15.3. The third-order valence-electron chi connectivity index (χ3n) is 4.69. The summed E-state index contributed by atoms with van der Waals surface area (Å²) in [6.07, 6.45) is 0. The zero-order valence-corrected chi connectivity index (χ0v) is 17.7. The van der Waals surface area contributed by atoms with Crippen LogP contribution in [0.5, 0.6) is 11.5 Å². The predicted molar refractivity (Wildman–Crippen MR) is 113 cm³/mol. The Bertz CT molecular complexity index is 971. The summed E-state index contributed by atoms with van der Waals surface area (Å²) in [7, 11) is 3.13. The molecule has 0 aliphatic carbocycles. The fourth-order valence-electron chi connectivity index (χ4n) is 3.04. The molecule has 1 saturated heterocycles. The molecular weight excluding hydrogens is 420 g/mol. The number of carboxylic acids is 2. The third-order valence-corrected chi connectivity index (χ3v) is 4.69. The molecule has 3 rings (SSSR count). The molecule has 10 heteroatoms. The first-order valence-electron chi connectivity index (χ1n) is 9.60. The molecule has 0 unspecified atom stereocenters. The van der Waals surface area contributed by atoms with E-state index in [0.717, 1.165) is 0 Å². The van der Waals surface area contributed by atoms with Gasteiger partial charge in [-0.15, -0.1) is 0 Å². The SMILES string of the molecule is COc1cccc(C(=O)N2CCN(C(=O)c3ccccc3OC)CC2)c1.O=C(O)C(=O)O. The second kappa shape index (κ2) is 11.3. The van der Waals surface area contributed by atoms with Crippen molar-refractivity contribution in [2.75, 3.05) is 40.4 Å². The van der Waals surface area contributed by atoms with Crippen LogP contribution < -0.4 is 9.47 Å². The molecule has 10 nitrogen and oxygen atoms in total. The lowest BCUT2D eigenvalue weighted by Gasteiger charge is -2.35. The van der Waals surface area contributed by atoms with Gasteiger partial charge in [-0.3, -0.25) is 9.59 Å². The van der Waals surface area contributed by atoms with E-state index in [1.165, 1.54) is 0 Å². The number of aliphatic carboxylic acids is 2. The number of hydrogen-bond acceptors (Lipinski definition) is 6. The number of hydrogen-bond donors (Lipinski definition) is 2. The second-order valence-corrected chi connectivity index (χ2v) is 6.63. The fourth-order valence-corrected chi connectivity index (χ4v) is 3.04. The maximum Gasteiger partial charge on any atom is 0.414 e. The van der Waals surface area contributed by atoms with Crippen LogP contribution in [-0.2, 0) is 9.59 Å². The molecule has 1 heterocycles. The number of para-hydroxylation sites is 1. The van der Waals surface area contributed by atoms with Crippen LogP contribution in [0.1, 0.15) is 20.7 Å². The van der Waals surface area contributed by atoms with Crippen LogP contribution in [0, 0.1) is 0 Å². The number of amides is 2. The van der Waals surface area contributed by atoms with Crippen molar-refractivity contribution in [2.45, 2.75) is 0 Å². The summed E-state index contributed by atoms with van der Waals surface area (Å²) in [5, 5.41) is 14.8. The molecule has 0 bridgehead atoms. The zero-order valence-electron chi connectivity index (χ0n) is 17.7. The molecule has 0 radical (unpaired) electrons. The summed E-state index contributed by atoms with van der Waals surface area (Å²) < 4.78 is 10.4. The normalized spacial score (nSPS) is 12.8. The summed E-state index contributed by atoms with van der Waals surface area (Å²) in [5.41, 5.74) is 1.14. The summed E-state index contributed by atoms with van der Waals surface area (Å²) in [6, 6.07) is 14.3. The zero-order chi connectivity index (χ0) is 23.7. The van der Waals surface area contributed by atoms with E-state index in [4.69, 9.17) is 29.3 Å². The molecule has 0 saturated carbocycles. The average molecular weight is 444 g/mol. The Balaban J connectivity index is 0.000000534. The van der Waals surface area contributed by atoms with E-state index in [0.29, 0.717) is 48.8 Å². The van der Waals surface area contributed by atoms with Gasteiger partial charge in [0, 0.05) is 31.7 Å². The molecule has 32 heavy (non-hydrogen) atoms. The molecule has 2 amide bonds. The van der Waals surface area contributed by atoms with Crippen molar-refractivity contribution < 1.29 is 38.9 Å². The number of nitrogens with zero attached hydrogens (tertiary/aromatic N) is 2. The topological polar surface area (TPSA) is 134 Å². The van der Waals surface area contributed by atoms with Crippen LogP contribution >= 0.6 is 0 Å². The van der Waals surface area contributed by atoms with E-state index in [1.807, 2.05) is 12.1 Å². The highest BCUT2D eigenvalue weighted by Crippen LogP contribution is 2.21. The van der Waals surface area contributed by atoms with Gasteiger partial charge in [-0.05, 0) is 30.3 Å². The maximum absolute atomic E-state index is 12.7. The molecule has 1 fully saturated rings. The largest absolute Gasteiger partial charge is 0.497 e. The number of benzene rings is 2. The minimum atomic E-state index is -1.82.